The van der Waals surface area contributed by atoms with Crippen molar-refractivity contribution < 1.29 is 9.53 Å². The Morgan fingerprint density at radius 1 is 1.30 bits per heavy atom. The number of hydrogen-bond acceptors (Lipinski definition) is 4. The van der Waals surface area contributed by atoms with Crippen LogP contribution in [0.1, 0.15) is 27.9 Å². The molecule has 4 nitrogen and oxygen atoms in total. The van der Waals surface area contributed by atoms with Crippen molar-refractivity contribution in [2.75, 3.05) is 20.3 Å². The average Bonchev–Trinajstić information content (AvgIpc) is 2.54. The minimum atomic E-state index is -0.0959. The fraction of sp³-hybridized carbons (Fsp3) is 0.333. The van der Waals surface area contributed by atoms with Crippen LogP contribution in [-0.2, 0) is 4.74 Å². The number of amides is 1. The molecule has 0 saturated carbocycles. The third-order valence-electron chi connectivity index (χ3n) is 3.36. The molecule has 0 atom stereocenters. The van der Waals surface area contributed by atoms with Crippen LogP contribution in [0.4, 0.5) is 0 Å². The van der Waals surface area contributed by atoms with E-state index >= 15 is 0 Å². The average molecular weight is 330 g/mol. The molecule has 2 rings (SSSR count). The number of carbonyl (C=O) groups is 1. The molecule has 0 aliphatic rings. The summed E-state index contributed by atoms with van der Waals surface area (Å²) in [4.78, 5) is 17.8. The summed E-state index contributed by atoms with van der Waals surface area (Å²) in [5.74, 6) is -0.0959. The van der Waals surface area contributed by atoms with Crippen LogP contribution >= 0.6 is 11.8 Å². The molecule has 1 heterocycles. The molecule has 0 unspecified atom stereocenters. The van der Waals surface area contributed by atoms with Gasteiger partial charge in [-0.25, -0.2) is 4.98 Å². The summed E-state index contributed by atoms with van der Waals surface area (Å²) in [5, 5.41) is 3.64. The van der Waals surface area contributed by atoms with Gasteiger partial charge in [0.2, 0.25) is 0 Å². The number of hydrogen-bond donors (Lipinski definition) is 1. The van der Waals surface area contributed by atoms with E-state index in [1.807, 2.05) is 6.07 Å². The highest BCUT2D eigenvalue weighted by Gasteiger charge is 2.13. The first-order valence-corrected chi connectivity index (χ1v) is 8.40. The smallest absolute Gasteiger partial charge is 0.254 e. The molecule has 0 aliphatic heterocycles. The Labute approximate surface area is 141 Å². The van der Waals surface area contributed by atoms with Crippen molar-refractivity contribution in [2.45, 2.75) is 30.2 Å². The highest BCUT2D eigenvalue weighted by atomic mass is 32.2. The lowest BCUT2D eigenvalue weighted by molar-refractivity contribution is 0.0945. The van der Waals surface area contributed by atoms with Gasteiger partial charge in [-0.3, -0.25) is 4.79 Å². The minimum absolute atomic E-state index is 0.0959. The zero-order valence-electron chi connectivity index (χ0n) is 13.8. The normalized spacial score (nSPS) is 10.6. The van der Waals surface area contributed by atoms with Crippen LogP contribution in [-0.4, -0.2) is 31.2 Å². The highest BCUT2D eigenvalue weighted by molar-refractivity contribution is 7.99. The summed E-state index contributed by atoms with van der Waals surface area (Å²) in [6.07, 6.45) is 2.51. The standard InChI is InChI=1S/C18H22N2O2S/c1-13-7-8-16(14(2)12-13)23-18-15(6-4-9-20-18)17(21)19-10-5-11-22-3/h4,6-9,12H,5,10-11H2,1-3H3,(H,19,21). The molecule has 0 spiro atoms. The van der Waals surface area contributed by atoms with E-state index in [1.54, 1.807) is 19.4 Å². The van der Waals surface area contributed by atoms with Crippen molar-refractivity contribution in [1.29, 1.82) is 0 Å². The van der Waals surface area contributed by atoms with E-state index in [0.717, 1.165) is 16.3 Å². The van der Waals surface area contributed by atoms with E-state index < -0.39 is 0 Å². The van der Waals surface area contributed by atoms with Crippen molar-refractivity contribution in [3.05, 3.63) is 53.2 Å². The Morgan fingerprint density at radius 2 is 2.13 bits per heavy atom. The van der Waals surface area contributed by atoms with Gasteiger partial charge in [-0.1, -0.05) is 29.5 Å². The largest absolute Gasteiger partial charge is 0.385 e. The van der Waals surface area contributed by atoms with Gasteiger partial charge < -0.3 is 10.1 Å². The number of methoxy groups -OCH3 is 1. The Hall–Kier alpha value is -1.85. The van der Waals surface area contributed by atoms with Gasteiger partial charge in [0.25, 0.3) is 5.91 Å². The van der Waals surface area contributed by atoms with Crippen LogP contribution in [0.3, 0.4) is 0 Å². The van der Waals surface area contributed by atoms with Gasteiger partial charge in [-0.05, 0) is 44.0 Å². The topological polar surface area (TPSA) is 51.2 Å². The molecule has 2 aromatic rings. The van der Waals surface area contributed by atoms with Gasteiger partial charge in [0.05, 0.1) is 5.56 Å². The first-order valence-electron chi connectivity index (χ1n) is 7.59. The van der Waals surface area contributed by atoms with E-state index in [-0.39, 0.29) is 5.91 Å². The lowest BCUT2D eigenvalue weighted by atomic mass is 10.2. The van der Waals surface area contributed by atoms with E-state index in [0.29, 0.717) is 18.7 Å². The summed E-state index contributed by atoms with van der Waals surface area (Å²) < 4.78 is 4.99. The zero-order valence-corrected chi connectivity index (χ0v) is 14.6. The Balaban J connectivity index is 2.12. The summed E-state index contributed by atoms with van der Waals surface area (Å²) in [7, 11) is 1.65. The first kappa shape index (κ1) is 17.5. The number of nitrogens with zero attached hydrogens (tertiary/aromatic N) is 1. The number of nitrogens with one attached hydrogen (secondary N) is 1. The lowest BCUT2D eigenvalue weighted by Gasteiger charge is -2.10. The van der Waals surface area contributed by atoms with E-state index in [4.69, 9.17) is 4.74 Å². The van der Waals surface area contributed by atoms with Crippen LogP contribution in [0, 0.1) is 13.8 Å². The Bertz CT molecular complexity index is 674. The van der Waals surface area contributed by atoms with E-state index in [2.05, 4.69) is 42.3 Å². The molecule has 23 heavy (non-hydrogen) atoms. The van der Waals surface area contributed by atoms with Crippen LogP contribution in [0.25, 0.3) is 0 Å². The maximum Gasteiger partial charge on any atom is 0.254 e. The van der Waals surface area contributed by atoms with E-state index in [1.165, 1.54) is 22.9 Å². The molecule has 122 valence electrons. The van der Waals surface area contributed by atoms with Gasteiger partial charge in [0.15, 0.2) is 0 Å². The molecule has 1 amide bonds. The maximum atomic E-state index is 12.4. The van der Waals surface area contributed by atoms with Gasteiger partial charge >= 0.3 is 0 Å². The van der Waals surface area contributed by atoms with Gasteiger partial charge in [0.1, 0.15) is 5.03 Å². The third-order valence-corrected chi connectivity index (χ3v) is 4.56. The van der Waals surface area contributed by atoms with Crippen molar-refractivity contribution in [1.82, 2.24) is 10.3 Å². The van der Waals surface area contributed by atoms with Gasteiger partial charge in [-0.15, -0.1) is 0 Å². The minimum Gasteiger partial charge on any atom is -0.385 e. The predicted octanol–water partition coefficient (Wildman–Crippen LogP) is 3.62. The quantitative estimate of drug-likeness (QED) is 0.788. The molecule has 5 heteroatoms. The van der Waals surface area contributed by atoms with Crippen molar-refractivity contribution in [3.63, 3.8) is 0 Å². The number of rotatable bonds is 7. The second-order valence-electron chi connectivity index (χ2n) is 5.33. The summed E-state index contributed by atoms with van der Waals surface area (Å²) in [6, 6.07) is 9.88. The number of ether oxygens (including phenoxy) is 1. The summed E-state index contributed by atoms with van der Waals surface area (Å²) >= 11 is 1.52. The lowest BCUT2D eigenvalue weighted by Crippen LogP contribution is -2.25. The summed E-state index contributed by atoms with van der Waals surface area (Å²) in [5.41, 5.74) is 3.02. The van der Waals surface area contributed by atoms with Crippen LogP contribution in [0.5, 0.6) is 0 Å². The number of benzene rings is 1. The second kappa shape index (κ2) is 8.70. The Kier molecular flexibility index (Phi) is 6.62. The molecular formula is C18H22N2O2S. The SMILES string of the molecule is COCCCNC(=O)c1cccnc1Sc1ccc(C)cc1C. The van der Waals surface area contributed by atoms with Gasteiger partial charge in [-0.2, -0.15) is 0 Å². The van der Waals surface area contributed by atoms with Gasteiger partial charge in [0, 0.05) is 31.4 Å². The molecule has 1 aromatic carbocycles. The monoisotopic (exact) mass is 330 g/mol. The van der Waals surface area contributed by atoms with Crippen molar-refractivity contribution >= 4 is 17.7 Å². The maximum absolute atomic E-state index is 12.4. The third kappa shape index (κ3) is 5.08. The molecule has 0 fully saturated rings. The van der Waals surface area contributed by atoms with Crippen LogP contribution in [0.2, 0.25) is 0 Å². The molecule has 0 saturated heterocycles. The molecule has 1 N–H and O–H groups in total. The number of aromatic nitrogens is 1. The number of aryl methyl sites for hydroxylation is 2. The fourth-order valence-electron chi connectivity index (χ4n) is 2.18. The zero-order chi connectivity index (χ0) is 16.7. The molecule has 0 radical (unpaired) electrons. The number of pyridine rings is 1. The van der Waals surface area contributed by atoms with Crippen molar-refractivity contribution in [2.24, 2.45) is 0 Å². The fourth-order valence-corrected chi connectivity index (χ4v) is 3.13. The first-order chi connectivity index (χ1) is 11.1. The summed E-state index contributed by atoms with van der Waals surface area (Å²) in [6.45, 7) is 5.37. The second-order valence-corrected chi connectivity index (χ2v) is 6.36. The molecule has 0 aliphatic carbocycles. The predicted molar refractivity (Wildman–Crippen MR) is 93.1 cm³/mol. The van der Waals surface area contributed by atoms with Crippen molar-refractivity contribution in [3.8, 4) is 0 Å². The van der Waals surface area contributed by atoms with Crippen LogP contribution < -0.4 is 5.32 Å². The number of carbonyl (C=O) groups excluding carboxylic acids is 1. The molecule has 1 aromatic heterocycles. The highest BCUT2D eigenvalue weighted by Crippen LogP contribution is 2.31. The molecular weight excluding hydrogens is 308 g/mol. The van der Waals surface area contributed by atoms with E-state index in [9.17, 15) is 4.79 Å². The van der Waals surface area contributed by atoms with Crippen LogP contribution in [0.15, 0.2) is 46.5 Å². The molecule has 0 bridgehead atoms. The Morgan fingerprint density at radius 3 is 2.87 bits per heavy atom.